The van der Waals surface area contributed by atoms with Gasteiger partial charge in [-0.15, -0.1) is 0 Å². The molecule has 2 atom stereocenters. The average Bonchev–Trinajstić information content (AvgIpc) is 3.04. The fourth-order valence-electron chi connectivity index (χ4n) is 4.45. The van der Waals surface area contributed by atoms with Crippen molar-refractivity contribution >= 4 is 33.6 Å². The van der Waals surface area contributed by atoms with Gasteiger partial charge in [-0.05, 0) is 19.2 Å². The van der Waals surface area contributed by atoms with Gasteiger partial charge in [-0.1, -0.05) is 50.2 Å². The van der Waals surface area contributed by atoms with Gasteiger partial charge < -0.3 is 19.6 Å². The van der Waals surface area contributed by atoms with Gasteiger partial charge in [0.1, 0.15) is 11.1 Å². The minimum Gasteiger partial charge on any atom is -0.479 e. The Morgan fingerprint density at radius 2 is 1.93 bits per heavy atom. The Bertz CT molecular complexity index is 1130. The van der Waals surface area contributed by atoms with Gasteiger partial charge in [-0.3, -0.25) is 4.79 Å². The van der Waals surface area contributed by atoms with E-state index in [1.807, 2.05) is 64.1 Å². The number of carboxylic acid groups (broad SMARTS) is 1. The highest BCUT2D eigenvalue weighted by Crippen LogP contribution is 2.51. The predicted octanol–water partition coefficient (Wildman–Crippen LogP) is 4.28. The number of furan rings is 1. The van der Waals surface area contributed by atoms with Crippen LogP contribution in [0.25, 0.3) is 21.7 Å². The summed E-state index contributed by atoms with van der Waals surface area (Å²) < 4.78 is 11.6. The molecule has 3 aromatic rings. The van der Waals surface area contributed by atoms with Crippen LogP contribution in [0.15, 0.2) is 40.8 Å². The summed E-state index contributed by atoms with van der Waals surface area (Å²) >= 11 is 0. The van der Waals surface area contributed by atoms with Gasteiger partial charge in [0.2, 0.25) is 0 Å². The summed E-state index contributed by atoms with van der Waals surface area (Å²) in [7, 11) is 0. The first-order valence-corrected chi connectivity index (χ1v) is 9.81. The summed E-state index contributed by atoms with van der Waals surface area (Å²) in [6.07, 6.45) is -0.0125. The number of aryl methyl sites for hydroxylation is 1. The van der Waals surface area contributed by atoms with E-state index in [0.29, 0.717) is 17.8 Å². The topological polar surface area (TPSA) is 88.8 Å². The molecule has 1 aliphatic rings. The highest BCUT2D eigenvalue weighted by Gasteiger charge is 2.66. The molecule has 6 heteroatoms. The molecular formula is C23H25NO5. The number of aliphatic carboxylic acids is 1. The lowest BCUT2D eigenvalue weighted by molar-refractivity contribution is -0.190. The number of benzene rings is 2. The number of amides is 1. The number of ether oxygens (including phenoxy) is 1. The summed E-state index contributed by atoms with van der Waals surface area (Å²) in [6.45, 7) is 7.80. The molecular weight excluding hydrogens is 370 g/mol. The molecule has 1 amide bonds. The van der Waals surface area contributed by atoms with Crippen LogP contribution in [0.3, 0.4) is 0 Å². The highest BCUT2D eigenvalue weighted by molar-refractivity contribution is 6.09. The van der Waals surface area contributed by atoms with Gasteiger partial charge in [-0.2, -0.15) is 0 Å². The van der Waals surface area contributed by atoms with Crippen molar-refractivity contribution in [2.24, 2.45) is 5.41 Å². The van der Waals surface area contributed by atoms with Gasteiger partial charge in [0.15, 0.2) is 5.76 Å². The Morgan fingerprint density at radius 1 is 1.21 bits per heavy atom. The number of hydrogen-bond acceptors (Lipinski definition) is 4. The molecule has 2 N–H and O–H groups in total. The van der Waals surface area contributed by atoms with E-state index in [1.54, 1.807) is 0 Å². The van der Waals surface area contributed by atoms with Crippen molar-refractivity contribution in [1.82, 2.24) is 5.32 Å². The lowest BCUT2D eigenvalue weighted by atomic mass is 9.54. The Labute approximate surface area is 168 Å². The molecule has 2 aromatic carbocycles. The molecule has 0 radical (unpaired) electrons. The number of nitrogens with one attached hydrogen (secondary N) is 1. The fraction of sp³-hybridized carbons (Fsp3) is 0.391. The third-order valence-corrected chi connectivity index (χ3v) is 6.49. The van der Waals surface area contributed by atoms with E-state index in [9.17, 15) is 14.7 Å². The molecule has 1 saturated carbocycles. The maximum absolute atomic E-state index is 13.1. The summed E-state index contributed by atoms with van der Waals surface area (Å²) in [5.74, 6) is -1.44. The maximum atomic E-state index is 13.1. The zero-order valence-corrected chi connectivity index (χ0v) is 17.0. The maximum Gasteiger partial charge on any atom is 0.330 e. The van der Waals surface area contributed by atoms with Crippen molar-refractivity contribution in [2.45, 2.75) is 45.8 Å². The number of hydrogen-bond donors (Lipinski definition) is 2. The van der Waals surface area contributed by atoms with E-state index in [4.69, 9.17) is 9.15 Å². The molecule has 1 heterocycles. The van der Waals surface area contributed by atoms with Crippen LogP contribution in [-0.4, -0.2) is 35.2 Å². The van der Waals surface area contributed by atoms with E-state index in [1.165, 1.54) is 0 Å². The number of carbonyl (C=O) groups excluding carboxylic acids is 1. The quantitative estimate of drug-likeness (QED) is 0.673. The van der Waals surface area contributed by atoms with Crippen LogP contribution in [-0.2, 0) is 9.53 Å². The first-order valence-electron chi connectivity index (χ1n) is 9.81. The minimum atomic E-state index is -1.41. The first kappa shape index (κ1) is 19.5. The second kappa shape index (κ2) is 6.59. The number of carbonyl (C=O) groups is 2. The van der Waals surface area contributed by atoms with E-state index in [2.05, 4.69) is 5.32 Å². The van der Waals surface area contributed by atoms with Crippen molar-refractivity contribution in [3.8, 4) is 0 Å². The Kier molecular flexibility index (Phi) is 4.42. The van der Waals surface area contributed by atoms with E-state index in [0.717, 1.165) is 16.2 Å². The van der Waals surface area contributed by atoms with Crippen molar-refractivity contribution < 1.29 is 23.8 Å². The van der Waals surface area contributed by atoms with Crippen LogP contribution in [0.5, 0.6) is 0 Å². The molecule has 29 heavy (non-hydrogen) atoms. The van der Waals surface area contributed by atoms with Crippen LogP contribution >= 0.6 is 0 Å². The third kappa shape index (κ3) is 2.66. The van der Waals surface area contributed by atoms with Crippen molar-refractivity contribution in [2.75, 3.05) is 6.61 Å². The molecule has 0 bridgehead atoms. The molecule has 4 rings (SSSR count). The molecule has 0 aliphatic heterocycles. The van der Waals surface area contributed by atoms with E-state index >= 15 is 0 Å². The second-order valence-corrected chi connectivity index (χ2v) is 8.25. The van der Waals surface area contributed by atoms with Crippen LogP contribution in [0.4, 0.5) is 0 Å². The lowest BCUT2D eigenvalue weighted by Gasteiger charge is -2.58. The largest absolute Gasteiger partial charge is 0.479 e. The molecule has 1 aromatic heterocycles. The summed E-state index contributed by atoms with van der Waals surface area (Å²) in [6, 6.07) is 11.7. The normalized spacial score (nSPS) is 23.1. The van der Waals surface area contributed by atoms with Crippen molar-refractivity contribution in [3.05, 3.63) is 47.7 Å². The summed E-state index contributed by atoms with van der Waals surface area (Å²) in [5.41, 5.74) is -0.827. The second-order valence-electron chi connectivity index (χ2n) is 8.25. The van der Waals surface area contributed by atoms with Gasteiger partial charge in [0.05, 0.1) is 6.10 Å². The zero-order chi connectivity index (χ0) is 21.0. The smallest absolute Gasteiger partial charge is 0.330 e. The molecule has 6 nitrogen and oxygen atoms in total. The molecule has 0 saturated heterocycles. The summed E-state index contributed by atoms with van der Waals surface area (Å²) in [4.78, 5) is 25.3. The van der Waals surface area contributed by atoms with Crippen molar-refractivity contribution in [1.29, 1.82) is 0 Å². The molecule has 0 spiro atoms. The van der Waals surface area contributed by atoms with Gasteiger partial charge >= 0.3 is 5.97 Å². The lowest BCUT2D eigenvalue weighted by Crippen LogP contribution is -2.76. The fourth-order valence-corrected chi connectivity index (χ4v) is 4.45. The third-order valence-electron chi connectivity index (χ3n) is 6.49. The van der Waals surface area contributed by atoms with Crippen LogP contribution < -0.4 is 5.32 Å². The molecule has 1 fully saturated rings. The Hall–Kier alpha value is -2.86. The van der Waals surface area contributed by atoms with Gasteiger partial charge in [0, 0.05) is 34.8 Å². The number of fused-ring (bicyclic) bond motifs is 3. The molecule has 2 unspecified atom stereocenters. The number of rotatable bonds is 5. The number of carboxylic acids is 1. The standard InChI is InChI=1S/C23H25NO5/c1-5-28-17-12-23(21(26)27,22(17,3)4)24-20(25)18-13(2)15-11-10-14-8-6-7-9-16(14)19(15)29-18/h6-11,17H,5,12H2,1-4H3,(H,24,25)(H,26,27). The highest BCUT2D eigenvalue weighted by atomic mass is 16.5. The zero-order valence-electron chi connectivity index (χ0n) is 17.0. The minimum absolute atomic E-state index is 0.146. The molecule has 1 aliphatic carbocycles. The van der Waals surface area contributed by atoms with Gasteiger partial charge in [-0.25, -0.2) is 4.79 Å². The van der Waals surface area contributed by atoms with Crippen LogP contribution in [0, 0.1) is 12.3 Å². The van der Waals surface area contributed by atoms with E-state index < -0.39 is 22.8 Å². The van der Waals surface area contributed by atoms with Gasteiger partial charge in [0.25, 0.3) is 5.91 Å². The van der Waals surface area contributed by atoms with Crippen LogP contribution in [0.1, 0.15) is 43.3 Å². The van der Waals surface area contributed by atoms with Crippen molar-refractivity contribution in [3.63, 3.8) is 0 Å². The van der Waals surface area contributed by atoms with E-state index in [-0.39, 0.29) is 18.3 Å². The Morgan fingerprint density at radius 3 is 2.59 bits per heavy atom. The monoisotopic (exact) mass is 395 g/mol. The molecule has 152 valence electrons. The Balaban J connectivity index is 1.73. The van der Waals surface area contributed by atoms with Crippen LogP contribution in [0.2, 0.25) is 0 Å². The summed E-state index contributed by atoms with van der Waals surface area (Å²) in [5, 5.41) is 15.5. The first-order chi connectivity index (χ1) is 13.7. The SMILES string of the molecule is CCOC1CC(NC(=O)c2oc3c(ccc4ccccc43)c2C)(C(=O)O)C1(C)C. The predicted molar refractivity (Wildman–Crippen MR) is 110 cm³/mol. The average molecular weight is 395 g/mol.